The molecule has 0 aromatic carbocycles. The van der Waals surface area contributed by atoms with Crippen molar-refractivity contribution >= 4 is 33.8 Å². The first-order valence-electron chi connectivity index (χ1n) is 7.08. The van der Waals surface area contributed by atoms with Gasteiger partial charge in [-0.1, -0.05) is 36.9 Å². The molecule has 0 N–H and O–H groups in total. The van der Waals surface area contributed by atoms with Crippen LogP contribution in [0.15, 0.2) is 0 Å². The molecule has 109 valence electrons. The molecule has 1 aliphatic carbocycles. The molecule has 0 spiro atoms. The van der Waals surface area contributed by atoms with Gasteiger partial charge in [0.2, 0.25) is 0 Å². The van der Waals surface area contributed by atoms with Gasteiger partial charge in [-0.25, -0.2) is 0 Å². The minimum Gasteiger partial charge on any atom is -0.288 e. The van der Waals surface area contributed by atoms with E-state index >= 15 is 0 Å². The lowest BCUT2D eigenvalue weighted by Gasteiger charge is -2.18. The minimum atomic E-state index is 0.218. The highest BCUT2D eigenvalue weighted by Gasteiger charge is 2.32. The van der Waals surface area contributed by atoms with Gasteiger partial charge in [-0.3, -0.25) is 9.59 Å². The fraction of sp³-hybridized carbons (Fsp3) is 0.800. The highest BCUT2D eigenvalue weighted by molar-refractivity contribution is 8.13. The summed E-state index contributed by atoms with van der Waals surface area (Å²) in [5, 5.41) is 0.436. The number of carbonyl (C=O) groups is 2. The van der Waals surface area contributed by atoms with Crippen molar-refractivity contribution in [3.63, 3.8) is 0 Å². The first-order valence-corrected chi connectivity index (χ1v) is 9.06. The molecule has 1 fully saturated rings. The van der Waals surface area contributed by atoms with Crippen LogP contribution in [0.5, 0.6) is 0 Å². The molecule has 1 radical (unpaired) electrons. The van der Waals surface area contributed by atoms with Crippen LogP contribution in [0, 0.1) is 24.7 Å². The molecule has 3 atom stereocenters. The average Bonchev–Trinajstić information content (AvgIpc) is 2.71. The van der Waals surface area contributed by atoms with Crippen molar-refractivity contribution in [2.75, 3.05) is 11.5 Å². The second-order valence-corrected chi connectivity index (χ2v) is 7.95. The molecule has 0 amide bonds. The molecule has 1 rings (SSSR count). The zero-order valence-electron chi connectivity index (χ0n) is 12.0. The summed E-state index contributed by atoms with van der Waals surface area (Å²) in [4.78, 5) is 22.0. The van der Waals surface area contributed by atoms with E-state index in [0.29, 0.717) is 0 Å². The molecule has 0 aromatic heterocycles. The van der Waals surface area contributed by atoms with Crippen molar-refractivity contribution in [3.05, 3.63) is 6.92 Å². The summed E-state index contributed by atoms with van der Waals surface area (Å²) < 4.78 is 0. The van der Waals surface area contributed by atoms with E-state index in [1.165, 1.54) is 36.4 Å². The van der Waals surface area contributed by atoms with E-state index in [9.17, 15) is 9.59 Å². The van der Waals surface area contributed by atoms with Crippen LogP contribution in [-0.4, -0.2) is 21.7 Å². The fourth-order valence-corrected chi connectivity index (χ4v) is 4.40. The smallest absolute Gasteiger partial charge is 0.185 e. The molecule has 0 bridgehead atoms. The Kier molecular flexibility index (Phi) is 8.15. The maximum absolute atomic E-state index is 11.0. The average molecular weight is 301 g/mol. The lowest BCUT2D eigenvalue weighted by molar-refractivity contribution is -0.109. The Morgan fingerprint density at radius 3 is 1.74 bits per heavy atom. The van der Waals surface area contributed by atoms with Crippen LogP contribution in [0.2, 0.25) is 0 Å². The van der Waals surface area contributed by atoms with E-state index in [1.807, 2.05) is 0 Å². The van der Waals surface area contributed by atoms with Gasteiger partial charge in [-0.05, 0) is 43.4 Å². The number of hydrogen-bond acceptors (Lipinski definition) is 4. The van der Waals surface area contributed by atoms with E-state index in [1.54, 1.807) is 13.8 Å². The summed E-state index contributed by atoms with van der Waals surface area (Å²) in [5.74, 6) is 4.09. The maximum atomic E-state index is 11.0. The largest absolute Gasteiger partial charge is 0.288 e. The summed E-state index contributed by atoms with van der Waals surface area (Å²) in [6.07, 6.45) is 5.81. The molecule has 0 aliphatic heterocycles. The van der Waals surface area contributed by atoms with Crippen LogP contribution in [0.1, 0.15) is 46.0 Å². The quantitative estimate of drug-likeness (QED) is 0.706. The summed E-state index contributed by atoms with van der Waals surface area (Å²) >= 11 is 2.89. The van der Waals surface area contributed by atoms with Gasteiger partial charge in [0.05, 0.1) is 0 Å². The lowest BCUT2D eigenvalue weighted by Crippen LogP contribution is -2.10. The predicted octanol–water partition coefficient (Wildman–Crippen LogP) is 4.19. The van der Waals surface area contributed by atoms with Gasteiger partial charge in [0.15, 0.2) is 10.2 Å². The van der Waals surface area contributed by atoms with Crippen molar-refractivity contribution in [1.82, 2.24) is 0 Å². The molecule has 1 saturated carbocycles. The molecule has 19 heavy (non-hydrogen) atoms. The highest BCUT2D eigenvalue weighted by atomic mass is 32.2. The third-order valence-corrected chi connectivity index (χ3v) is 5.63. The zero-order valence-corrected chi connectivity index (χ0v) is 13.7. The standard InChI is InChI=1S/C15H25O2S2/c1-4-13-9-14(5-7-18-11(2)16)15(10-13)6-8-19-12(3)17/h13-15H,1,4-10H2,2-3H3/t13?,14-,15?/m1/s1. The summed E-state index contributed by atoms with van der Waals surface area (Å²) in [6.45, 7) is 7.31. The van der Waals surface area contributed by atoms with Crippen LogP contribution < -0.4 is 0 Å². The number of thioether (sulfide) groups is 2. The van der Waals surface area contributed by atoms with Gasteiger partial charge in [0, 0.05) is 25.4 Å². The Hall–Kier alpha value is 0.0400. The summed E-state index contributed by atoms with van der Waals surface area (Å²) in [6, 6.07) is 0. The first-order chi connectivity index (χ1) is 9.02. The predicted molar refractivity (Wildman–Crippen MR) is 85.2 cm³/mol. The second kappa shape index (κ2) is 9.06. The molecule has 4 heteroatoms. The van der Waals surface area contributed by atoms with Gasteiger partial charge < -0.3 is 0 Å². The van der Waals surface area contributed by atoms with Crippen LogP contribution in [0.25, 0.3) is 0 Å². The summed E-state index contributed by atoms with van der Waals surface area (Å²) in [5.41, 5.74) is 0. The van der Waals surface area contributed by atoms with Crippen LogP contribution in [0.4, 0.5) is 0 Å². The van der Waals surface area contributed by atoms with Crippen LogP contribution >= 0.6 is 23.5 Å². The first kappa shape index (κ1) is 17.1. The SMILES string of the molecule is [CH2]CC1CC(CCSC(C)=O)[C@H](CCSC(C)=O)C1. The van der Waals surface area contributed by atoms with Crippen molar-refractivity contribution in [2.45, 2.75) is 46.0 Å². The molecule has 1 aliphatic rings. The topological polar surface area (TPSA) is 34.1 Å². The molecular weight excluding hydrogens is 276 g/mol. The van der Waals surface area contributed by atoms with Gasteiger partial charge in [0.25, 0.3) is 0 Å². The number of hydrogen-bond donors (Lipinski definition) is 0. The lowest BCUT2D eigenvalue weighted by atomic mass is 9.91. The van der Waals surface area contributed by atoms with Gasteiger partial charge in [-0.15, -0.1) is 0 Å². The molecule has 2 nitrogen and oxygen atoms in total. The van der Waals surface area contributed by atoms with E-state index in [4.69, 9.17) is 0 Å². The fourth-order valence-electron chi connectivity index (χ4n) is 2.99. The minimum absolute atomic E-state index is 0.218. The van der Waals surface area contributed by atoms with E-state index in [2.05, 4.69) is 6.92 Å². The Balaban J connectivity index is 2.35. The molecule has 2 unspecified atom stereocenters. The van der Waals surface area contributed by atoms with E-state index < -0.39 is 0 Å². The van der Waals surface area contributed by atoms with Crippen molar-refractivity contribution in [2.24, 2.45) is 17.8 Å². The van der Waals surface area contributed by atoms with Crippen LogP contribution in [0.3, 0.4) is 0 Å². The Labute approximate surface area is 125 Å². The third kappa shape index (κ3) is 6.84. The van der Waals surface area contributed by atoms with Gasteiger partial charge in [-0.2, -0.15) is 0 Å². The van der Waals surface area contributed by atoms with Crippen molar-refractivity contribution in [1.29, 1.82) is 0 Å². The highest BCUT2D eigenvalue weighted by Crippen LogP contribution is 2.42. The maximum Gasteiger partial charge on any atom is 0.185 e. The Morgan fingerprint density at radius 2 is 1.42 bits per heavy atom. The van der Waals surface area contributed by atoms with E-state index in [-0.39, 0.29) is 10.2 Å². The molecule has 0 heterocycles. The van der Waals surface area contributed by atoms with Crippen LogP contribution in [-0.2, 0) is 9.59 Å². The molecular formula is C15H25O2S2. The second-order valence-electron chi connectivity index (χ2n) is 5.40. The molecule has 0 saturated heterocycles. The summed E-state index contributed by atoms with van der Waals surface area (Å²) in [7, 11) is 0. The zero-order chi connectivity index (χ0) is 14.3. The van der Waals surface area contributed by atoms with Gasteiger partial charge in [0.1, 0.15) is 0 Å². The van der Waals surface area contributed by atoms with Gasteiger partial charge >= 0.3 is 0 Å². The van der Waals surface area contributed by atoms with Crippen molar-refractivity contribution < 1.29 is 9.59 Å². The number of rotatable bonds is 7. The monoisotopic (exact) mass is 301 g/mol. The van der Waals surface area contributed by atoms with E-state index in [0.717, 1.165) is 48.5 Å². The third-order valence-electron chi connectivity index (χ3n) is 3.94. The Morgan fingerprint density at radius 1 is 1.00 bits per heavy atom. The number of carbonyl (C=O) groups excluding carboxylic acids is 2. The molecule has 0 aromatic rings. The normalized spacial score (nSPS) is 26.6. The van der Waals surface area contributed by atoms with Crippen molar-refractivity contribution in [3.8, 4) is 0 Å². The Bertz CT molecular complexity index is 277.